The Kier molecular flexibility index (Phi) is 6.65. The maximum atomic E-state index is 13.2. The van der Waals surface area contributed by atoms with Gasteiger partial charge in [0.2, 0.25) is 11.7 Å². The first-order chi connectivity index (χ1) is 14.7. The second-order valence-corrected chi connectivity index (χ2v) is 6.85. The van der Waals surface area contributed by atoms with Gasteiger partial charge in [0, 0.05) is 5.02 Å². The number of halogens is 2. The Labute approximate surface area is 179 Å². The number of rotatable bonds is 7. The molecule has 0 fully saturated rings. The molecule has 1 amide bonds. The highest BCUT2D eigenvalue weighted by atomic mass is 35.5. The summed E-state index contributed by atoms with van der Waals surface area (Å²) >= 11 is 5.99. The molecule has 3 aromatic rings. The summed E-state index contributed by atoms with van der Waals surface area (Å²) in [5.74, 6) is -2.48. The van der Waals surface area contributed by atoms with Crippen molar-refractivity contribution in [3.63, 3.8) is 0 Å². The summed E-state index contributed by atoms with van der Waals surface area (Å²) in [4.78, 5) is 48.6. The molecule has 3 rings (SSSR count). The maximum Gasteiger partial charge on any atom is 0.357 e. The van der Waals surface area contributed by atoms with Gasteiger partial charge in [-0.05, 0) is 31.2 Å². The summed E-state index contributed by atoms with van der Waals surface area (Å²) in [6, 6.07) is 8.35. The lowest BCUT2D eigenvalue weighted by Crippen LogP contribution is -2.37. The van der Waals surface area contributed by atoms with Crippen LogP contribution in [0.25, 0.3) is 5.69 Å². The fourth-order valence-corrected chi connectivity index (χ4v) is 2.85. The van der Waals surface area contributed by atoms with Crippen LogP contribution >= 0.6 is 11.6 Å². The van der Waals surface area contributed by atoms with E-state index in [0.29, 0.717) is 27.2 Å². The van der Waals surface area contributed by atoms with Crippen LogP contribution in [0.15, 0.2) is 46.1 Å². The Balaban J connectivity index is 1.55. The van der Waals surface area contributed by atoms with E-state index in [4.69, 9.17) is 16.3 Å². The first kappa shape index (κ1) is 22.0. The molecule has 1 aromatic carbocycles. The van der Waals surface area contributed by atoms with Crippen molar-refractivity contribution >= 4 is 23.5 Å². The van der Waals surface area contributed by atoms with Gasteiger partial charge in [0.15, 0.2) is 5.69 Å². The van der Waals surface area contributed by atoms with E-state index in [2.05, 4.69) is 10.4 Å². The molecule has 0 aliphatic carbocycles. The molecule has 31 heavy (non-hydrogen) atoms. The van der Waals surface area contributed by atoms with E-state index in [1.165, 1.54) is 4.68 Å². The molecule has 0 saturated carbocycles. The fraction of sp³-hybridized carbons (Fsp3) is 0.211. The molecule has 0 aliphatic rings. The predicted octanol–water partition coefficient (Wildman–Crippen LogP) is 0.796. The average Bonchev–Trinajstić information content (AvgIpc) is 3.11. The third-order valence-electron chi connectivity index (χ3n) is 4.03. The zero-order chi connectivity index (χ0) is 22.5. The summed E-state index contributed by atoms with van der Waals surface area (Å²) < 4.78 is 20.5. The number of nitrogens with zero attached hydrogens (tertiary/aromatic N) is 3. The fourth-order valence-electron chi connectivity index (χ4n) is 2.67. The lowest BCUT2D eigenvalue weighted by Gasteiger charge is -2.09. The number of carbonyl (C=O) groups is 2. The number of benzene rings is 1. The molecule has 0 radical (unpaired) electrons. The number of aromatic nitrogens is 4. The van der Waals surface area contributed by atoms with Gasteiger partial charge in [-0.3, -0.25) is 19.1 Å². The van der Waals surface area contributed by atoms with Crippen LogP contribution in [-0.4, -0.2) is 44.4 Å². The van der Waals surface area contributed by atoms with Gasteiger partial charge in [-0.15, -0.1) is 0 Å². The molecule has 0 saturated heterocycles. The third-order valence-corrected chi connectivity index (χ3v) is 4.27. The van der Waals surface area contributed by atoms with Crippen LogP contribution in [0.4, 0.5) is 4.39 Å². The first-order valence-electron chi connectivity index (χ1n) is 9.00. The van der Waals surface area contributed by atoms with Crippen molar-refractivity contribution in [3.05, 3.63) is 79.6 Å². The number of amides is 1. The maximum absolute atomic E-state index is 13.2. The second kappa shape index (κ2) is 9.39. The summed E-state index contributed by atoms with van der Waals surface area (Å²) in [6.07, 6.45) is 0.639. The van der Waals surface area contributed by atoms with Crippen molar-refractivity contribution in [1.82, 2.24) is 24.6 Å². The highest BCUT2D eigenvalue weighted by Gasteiger charge is 2.17. The van der Waals surface area contributed by atoms with E-state index in [9.17, 15) is 23.6 Å². The highest BCUT2D eigenvalue weighted by Crippen LogP contribution is 2.17. The van der Waals surface area contributed by atoms with Crippen molar-refractivity contribution in [3.8, 4) is 5.69 Å². The van der Waals surface area contributed by atoms with Gasteiger partial charge < -0.3 is 10.1 Å². The SMILES string of the molecule is Cc1cc(C(=O)OCCNC(=O)Cn2cc(F)c(=O)[nH]c2=O)n(-c2cccc(Cl)c2)n1. The van der Waals surface area contributed by atoms with E-state index in [1.807, 2.05) is 0 Å². The lowest BCUT2D eigenvalue weighted by molar-refractivity contribution is -0.121. The van der Waals surface area contributed by atoms with Crippen LogP contribution in [0.1, 0.15) is 16.2 Å². The predicted molar refractivity (Wildman–Crippen MR) is 108 cm³/mol. The Morgan fingerprint density at radius 1 is 1.29 bits per heavy atom. The summed E-state index contributed by atoms with van der Waals surface area (Å²) in [5.41, 5.74) is -0.724. The van der Waals surface area contributed by atoms with Gasteiger partial charge in [-0.1, -0.05) is 17.7 Å². The molecular formula is C19H17ClFN5O5. The molecule has 2 aromatic heterocycles. The molecule has 0 bridgehead atoms. The minimum Gasteiger partial charge on any atom is -0.459 e. The minimum atomic E-state index is -1.19. The standard InChI is InChI=1S/C19H17ClFN5O5/c1-11-7-15(26(24-11)13-4-2-3-12(20)8-13)18(29)31-6-5-22-16(27)10-25-9-14(21)17(28)23-19(25)30/h2-4,7-9H,5-6,10H2,1H3,(H,22,27)(H,23,28,30). The zero-order valence-electron chi connectivity index (χ0n) is 16.2. The zero-order valence-corrected chi connectivity index (χ0v) is 17.0. The molecule has 0 spiro atoms. The van der Waals surface area contributed by atoms with Gasteiger partial charge in [0.25, 0.3) is 5.56 Å². The lowest BCUT2D eigenvalue weighted by atomic mass is 10.3. The number of aryl methyl sites for hydroxylation is 1. The van der Waals surface area contributed by atoms with E-state index in [-0.39, 0.29) is 18.8 Å². The van der Waals surface area contributed by atoms with E-state index in [0.717, 1.165) is 0 Å². The van der Waals surface area contributed by atoms with Crippen LogP contribution in [-0.2, 0) is 16.1 Å². The van der Waals surface area contributed by atoms with Crippen molar-refractivity contribution in [1.29, 1.82) is 0 Å². The first-order valence-corrected chi connectivity index (χ1v) is 9.38. The Morgan fingerprint density at radius 3 is 2.81 bits per heavy atom. The number of hydrogen-bond acceptors (Lipinski definition) is 6. The van der Waals surface area contributed by atoms with Crippen LogP contribution < -0.4 is 16.6 Å². The number of ether oxygens (including phenoxy) is 1. The number of esters is 1. The van der Waals surface area contributed by atoms with E-state index in [1.54, 1.807) is 42.2 Å². The quantitative estimate of drug-likeness (QED) is 0.405. The molecule has 0 aliphatic heterocycles. The Bertz CT molecular complexity index is 1250. The monoisotopic (exact) mass is 449 g/mol. The largest absolute Gasteiger partial charge is 0.459 e. The third kappa shape index (κ3) is 5.45. The molecule has 2 N–H and O–H groups in total. The van der Waals surface area contributed by atoms with Crippen molar-refractivity contribution in [2.45, 2.75) is 13.5 Å². The number of hydrogen-bond donors (Lipinski definition) is 2. The van der Waals surface area contributed by atoms with E-state index >= 15 is 0 Å². The second-order valence-electron chi connectivity index (χ2n) is 6.41. The van der Waals surface area contributed by atoms with Crippen molar-refractivity contribution in [2.24, 2.45) is 0 Å². The van der Waals surface area contributed by atoms with E-state index < -0.39 is 35.5 Å². The average molecular weight is 450 g/mol. The van der Waals surface area contributed by atoms with Crippen LogP contribution in [0, 0.1) is 12.7 Å². The van der Waals surface area contributed by atoms with Crippen LogP contribution in [0.5, 0.6) is 0 Å². The summed E-state index contributed by atoms with van der Waals surface area (Å²) in [7, 11) is 0. The number of carbonyl (C=O) groups excluding carboxylic acids is 2. The van der Waals surface area contributed by atoms with Crippen LogP contribution in [0.3, 0.4) is 0 Å². The molecule has 12 heteroatoms. The summed E-state index contributed by atoms with van der Waals surface area (Å²) in [5, 5.41) is 7.18. The van der Waals surface area contributed by atoms with Gasteiger partial charge in [-0.25, -0.2) is 14.3 Å². The molecule has 2 heterocycles. The topological polar surface area (TPSA) is 128 Å². The number of H-pyrrole nitrogens is 1. The Hall–Kier alpha value is -3.73. The molecule has 162 valence electrons. The normalized spacial score (nSPS) is 10.7. The van der Waals surface area contributed by atoms with Gasteiger partial charge in [-0.2, -0.15) is 9.49 Å². The smallest absolute Gasteiger partial charge is 0.357 e. The molecule has 0 unspecified atom stereocenters. The molecular weight excluding hydrogens is 433 g/mol. The van der Waals surface area contributed by atoms with Crippen molar-refractivity contribution < 1.29 is 18.7 Å². The van der Waals surface area contributed by atoms with Gasteiger partial charge >= 0.3 is 11.7 Å². The van der Waals surface area contributed by atoms with Gasteiger partial charge in [0.05, 0.1) is 24.1 Å². The Morgan fingerprint density at radius 2 is 2.06 bits per heavy atom. The number of aromatic amines is 1. The molecule has 0 atom stereocenters. The van der Waals surface area contributed by atoms with Crippen molar-refractivity contribution in [2.75, 3.05) is 13.2 Å². The van der Waals surface area contributed by atoms with Gasteiger partial charge in [0.1, 0.15) is 13.2 Å². The molecule has 10 nitrogen and oxygen atoms in total. The minimum absolute atomic E-state index is 0.0462. The highest BCUT2D eigenvalue weighted by molar-refractivity contribution is 6.30. The van der Waals surface area contributed by atoms with Crippen LogP contribution in [0.2, 0.25) is 5.02 Å². The summed E-state index contributed by atoms with van der Waals surface area (Å²) in [6.45, 7) is 1.01. The number of nitrogens with one attached hydrogen (secondary N) is 2.